The molecule has 0 radical (unpaired) electrons. The predicted molar refractivity (Wildman–Crippen MR) is 111 cm³/mol. The highest BCUT2D eigenvalue weighted by atomic mass is 19.1. The van der Waals surface area contributed by atoms with Gasteiger partial charge in [-0.3, -0.25) is 4.79 Å². The van der Waals surface area contributed by atoms with Crippen molar-refractivity contribution in [1.29, 1.82) is 0 Å². The molecular weight excluding hydrogens is 386 g/mol. The van der Waals surface area contributed by atoms with Crippen molar-refractivity contribution in [3.05, 3.63) is 77.9 Å². The summed E-state index contributed by atoms with van der Waals surface area (Å²) in [5, 5.41) is 11.3. The Hall–Kier alpha value is -3.35. The zero-order valence-electron chi connectivity index (χ0n) is 16.4. The van der Waals surface area contributed by atoms with Gasteiger partial charge in [-0.25, -0.2) is 8.78 Å². The smallest absolute Gasteiger partial charge is 0.225 e. The van der Waals surface area contributed by atoms with E-state index in [0.717, 1.165) is 30.6 Å². The van der Waals surface area contributed by atoms with Crippen molar-refractivity contribution < 1.29 is 13.6 Å². The lowest BCUT2D eigenvalue weighted by Crippen LogP contribution is -2.43. The van der Waals surface area contributed by atoms with E-state index in [1.807, 2.05) is 47.4 Å². The molecule has 0 bridgehead atoms. The molecule has 2 heterocycles. The maximum absolute atomic E-state index is 13.8. The average molecular weight is 408 g/mol. The van der Waals surface area contributed by atoms with E-state index in [9.17, 15) is 13.6 Å². The van der Waals surface area contributed by atoms with Gasteiger partial charge in [0, 0.05) is 30.8 Å². The number of piperidine rings is 1. The van der Waals surface area contributed by atoms with Crippen LogP contribution in [0.3, 0.4) is 0 Å². The van der Waals surface area contributed by atoms with Crippen molar-refractivity contribution in [2.75, 3.05) is 18.0 Å². The molecule has 0 spiro atoms. The van der Waals surface area contributed by atoms with E-state index in [-0.39, 0.29) is 23.9 Å². The number of nitrogens with zero attached hydrogens (tertiary/aromatic N) is 3. The summed E-state index contributed by atoms with van der Waals surface area (Å²) in [5.74, 6) is -1.09. The summed E-state index contributed by atoms with van der Waals surface area (Å²) in [4.78, 5) is 14.6. The van der Waals surface area contributed by atoms with Crippen molar-refractivity contribution in [3.63, 3.8) is 0 Å². The molecule has 1 aromatic heterocycles. The molecule has 2 aromatic carbocycles. The number of hydrogen-bond donors (Lipinski definition) is 1. The molecule has 0 aliphatic carbocycles. The van der Waals surface area contributed by atoms with E-state index in [2.05, 4.69) is 15.5 Å². The number of halogens is 2. The standard InChI is InChI=1S/C23H22F2N4O/c24-19-9-4-10-20(25)18(19)14-26-23(30)17-8-5-13-29(15-17)22-12-11-21(27-28-22)16-6-2-1-3-7-16/h1-4,6-7,9-12,17H,5,8,13-15H2,(H,26,30). The molecule has 1 N–H and O–H groups in total. The zero-order valence-corrected chi connectivity index (χ0v) is 16.4. The third kappa shape index (κ3) is 4.45. The van der Waals surface area contributed by atoms with Crippen LogP contribution in [-0.4, -0.2) is 29.2 Å². The summed E-state index contributed by atoms with van der Waals surface area (Å²) in [6, 6.07) is 17.3. The number of anilines is 1. The van der Waals surface area contributed by atoms with Crippen molar-refractivity contribution in [2.24, 2.45) is 5.92 Å². The summed E-state index contributed by atoms with van der Waals surface area (Å²) in [6.45, 7) is 1.11. The van der Waals surface area contributed by atoms with E-state index < -0.39 is 11.6 Å². The molecule has 7 heteroatoms. The van der Waals surface area contributed by atoms with E-state index in [0.29, 0.717) is 12.4 Å². The fraction of sp³-hybridized carbons (Fsp3) is 0.261. The van der Waals surface area contributed by atoms with Gasteiger partial charge in [-0.15, -0.1) is 10.2 Å². The van der Waals surface area contributed by atoms with Gasteiger partial charge in [-0.2, -0.15) is 0 Å². The van der Waals surface area contributed by atoms with Crippen LogP contribution >= 0.6 is 0 Å². The minimum atomic E-state index is -0.658. The lowest BCUT2D eigenvalue weighted by atomic mass is 9.97. The molecule has 30 heavy (non-hydrogen) atoms. The minimum Gasteiger partial charge on any atom is -0.354 e. The first-order chi connectivity index (χ1) is 14.6. The van der Waals surface area contributed by atoms with E-state index in [1.165, 1.54) is 18.2 Å². The van der Waals surface area contributed by atoms with Gasteiger partial charge in [0.1, 0.15) is 11.6 Å². The topological polar surface area (TPSA) is 58.1 Å². The molecule has 1 atom stereocenters. The number of carbonyl (C=O) groups excluding carboxylic acids is 1. The van der Waals surface area contributed by atoms with Crippen LogP contribution in [0.5, 0.6) is 0 Å². The van der Waals surface area contributed by atoms with Gasteiger partial charge in [-0.1, -0.05) is 36.4 Å². The normalized spacial score (nSPS) is 16.3. The number of benzene rings is 2. The fourth-order valence-corrected chi connectivity index (χ4v) is 3.68. The number of amides is 1. The number of rotatable bonds is 5. The van der Waals surface area contributed by atoms with Gasteiger partial charge in [0.15, 0.2) is 5.82 Å². The molecule has 1 aliphatic heterocycles. The molecule has 1 aliphatic rings. The molecule has 1 saturated heterocycles. The van der Waals surface area contributed by atoms with Crippen molar-refractivity contribution in [2.45, 2.75) is 19.4 Å². The molecule has 1 amide bonds. The van der Waals surface area contributed by atoms with Gasteiger partial charge >= 0.3 is 0 Å². The molecule has 1 unspecified atom stereocenters. The first-order valence-corrected chi connectivity index (χ1v) is 9.96. The van der Waals surface area contributed by atoms with E-state index in [1.54, 1.807) is 0 Å². The third-order valence-corrected chi connectivity index (χ3v) is 5.34. The van der Waals surface area contributed by atoms with Gasteiger partial charge in [0.05, 0.1) is 11.6 Å². The summed E-state index contributed by atoms with van der Waals surface area (Å²) < 4.78 is 27.5. The second-order valence-corrected chi connectivity index (χ2v) is 7.35. The molecule has 0 saturated carbocycles. The predicted octanol–water partition coefficient (Wildman–Crippen LogP) is 3.95. The van der Waals surface area contributed by atoms with Crippen LogP contribution in [0, 0.1) is 17.6 Å². The highest BCUT2D eigenvalue weighted by molar-refractivity contribution is 5.79. The van der Waals surface area contributed by atoms with Crippen LogP contribution in [0.1, 0.15) is 18.4 Å². The van der Waals surface area contributed by atoms with Gasteiger partial charge in [0.2, 0.25) is 5.91 Å². The maximum atomic E-state index is 13.8. The van der Waals surface area contributed by atoms with Crippen LogP contribution in [0.4, 0.5) is 14.6 Å². The van der Waals surface area contributed by atoms with E-state index >= 15 is 0 Å². The van der Waals surface area contributed by atoms with Crippen molar-refractivity contribution in [3.8, 4) is 11.3 Å². The average Bonchev–Trinajstić information content (AvgIpc) is 2.79. The van der Waals surface area contributed by atoms with Crippen molar-refractivity contribution >= 4 is 11.7 Å². The Balaban J connectivity index is 1.38. The van der Waals surface area contributed by atoms with Crippen molar-refractivity contribution in [1.82, 2.24) is 15.5 Å². The molecule has 5 nitrogen and oxygen atoms in total. The lowest BCUT2D eigenvalue weighted by molar-refractivity contribution is -0.125. The fourth-order valence-electron chi connectivity index (χ4n) is 3.68. The number of nitrogens with one attached hydrogen (secondary N) is 1. The monoisotopic (exact) mass is 408 g/mol. The summed E-state index contributed by atoms with van der Waals surface area (Å²) in [5.41, 5.74) is 1.66. The molecule has 1 fully saturated rings. The minimum absolute atomic E-state index is 0.124. The van der Waals surface area contributed by atoms with E-state index in [4.69, 9.17) is 0 Å². The lowest BCUT2D eigenvalue weighted by Gasteiger charge is -2.32. The first-order valence-electron chi connectivity index (χ1n) is 9.96. The van der Waals surface area contributed by atoms with Gasteiger partial charge in [-0.05, 0) is 37.1 Å². The highest BCUT2D eigenvalue weighted by Gasteiger charge is 2.27. The van der Waals surface area contributed by atoms with Crippen LogP contribution in [-0.2, 0) is 11.3 Å². The van der Waals surface area contributed by atoms with Gasteiger partial charge < -0.3 is 10.2 Å². The number of aromatic nitrogens is 2. The Kier molecular flexibility index (Phi) is 5.97. The van der Waals surface area contributed by atoms with Crippen LogP contribution in [0.15, 0.2) is 60.7 Å². The molecular formula is C23H22F2N4O. The zero-order chi connectivity index (χ0) is 20.9. The second-order valence-electron chi connectivity index (χ2n) is 7.35. The molecule has 3 aromatic rings. The largest absolute Gasteiger partial charge is 0.354 e. The Morgan fingerprint density at radius 2 is 1.77 bits per heavy atom. The third-order valence-electron chi connectivity index (χ3n) is 5.34. The number of hydrogen-bond acceptors (Lipinski definition) is 4. The van der Waals surface area contributed by atoms with Crippen LogP contribution in [0.2, 0.25) is 0 Å². The van der Waals surface area contributed by atoms with Crippen LogP contribution < -0.4 is 10.2 Å². The Labute approximate surface area is 173 Å². The Morgan fingerprint density at radius 1 is 1.00 bits per heavy atom. The quantitative estimate of drug-likeness (QED) is 0.695. The Bertz CT molecular complexity index is 991. The summed E-state index contributed by atoms with van der Waals surface area (Å²) >= 11 is 0. The second kappa shape index (κ2) is 8.98. The maximum Gasteiger partial charge on any atom is 0.225 e. The molecule has 4 rings (SSSR count). The Morgan fingerprint density at radius 3 is 2.47 bits per heavy atom. The highest BCUT2D eigenvalue weighted by Crippen LogP contribution is 2.23. The summed E-state index contributed by atoms with van der Waals surface area (Å²) in [6.07, 6.45) is 1.55. The SMILES string of the molecule is O=C(NCc1c(F)cccc1F)C1CCCN(c2ccc(-c3ccccc3)nn2)C1. The number of carbonyl (C=O) groups is 1. The molecule has 154 valence electrons. The first kappa shape index (κ1) is 19.9. The van der Waals surface area contributed by atoms with Crippen LogP contribution in [0.25, 0.3) is 11.3 Å². The summed E-state index contributed by atoms with van der Waals surface area (Å²) in [7, 11) is 0. The van der Waals surface area contributed by atoms with Gasteiger partial charge in [0.25, 0.3) is 0 Å².